The number of aryl methyl sites for hydroxylation is 1. The number of nitrogens with zero attached hydrogens (tertiary/aromatic N) is 3. The first-order valence-corrected chi connectivity index (χ1v) is 7.21. The van der Waals surface area contributed by atoms with Gasteiger partial charge in [0.15, 0.2) is 5.82 Å². The Labute approximate surface area is 129 Å². The minimum atomic E-state index is 0.498. The summed E-state index contributed by atoms with van der Waals surface area (Å²) in [6, 6.07) is 15.7. The Balaban J connectivity index is 2.11. The second-order valence-corrected chi connectivity index (χ2v) is 5.00. The molecule has 5 nitrogen and oxygen atoms in total. The Morgan fingerprint density at radius 1 is 1.14 bits per heavy atom. The second-order valence-electron chi connectivity index (χ2n) is 5.00. The van der Waals surface area contributed by atoms with Crippen molar-refractivity contribution < 1.29 is 4.74 Å². The number of anilines is 1. The van der Waals surface area contributed by atoms with Crippen LogP contribution in [0, 0.1) is 6.92 Å². The molecule has 0 aliphatic heterocycles. The highest BCUT2D eigenvalue weighted by Crippen LogP contribution is 2.33. The number of hydrogen-bond donors (Lipinski definition) is 1. The Morgan fingerprint density at radius 3 is 2.64 bits per heavy atom. The number of rotatable bonds is 4. The van der Waals surface area contributed by atoms with Crippen LogP contribution in [0.25, 0.3) is 16.9 Å². The van der Waals surface area contributed by atoms with Crippen LogP contribution in [0.5, 0.6) is 5.75 Å². The molecule has 0 unspecified atom stereocenters. The van der Waals surface area contributed by atoms with Gasteiger partial charge in [-0.3, -0.25) is 0 Å². The summed E-state index contributed by atoms with van der Waals surface area (Å²) in [5.41, 5.74) is 9.76. The molecule has 112 valence electrons. The van der Waals surface area contributed by atoms with Gasteiger partial charge < -0.3 is 10.5 Å². The van der Waals surface area contributed by atoms with Crippen molar-refractivity contribution in [1.29, 1.82) is 0 Å². The average Bonchev–Trinajstić information content (AvgIpc) is 2.92. The Morgan fingerprint density at radius 2 is 1.91 bits per heavy atom. The van der Waals surface area contributed by atoms with E-state index in [4.69, 9.17) is 10.5 Å². The number of benzene rings is 2. The molecule has 0 amide bonds. The van der Waals surface area contributed by atoms with Crippen molar-refractivity contribution in [3.8, 4) is 22.7 Å². The summed E-state index contributed by atoms with van der Waals surface area (Å²) < 4.78 is 7.32. The van der Waals surface area contributed by atoms with E-state index < -0.39 is 0 Å². The van der Waals surface area contributed by atoms with Crippen molar-refractivity contribution in [2.24, 2.45) is 0 Å². The van der Waals surface area contributed by atoms with Crippen LogP contribution >= 0.6 is 0 Å². The van der Waals surface area contributed by atoms with Crippen molar-refractivity contribution in [2.45, 2.75) is 13.8 Å². The summed E-state index contributed by atoms with van der Waals surface area (Å²) in [6.45, 7) is 4.56. The molecule has 2 N–H and O–H groups in total. The number of para-hydroxylation sites is 1. The molecular weight excluding hydrogens is 276 g/mol. The molecule has 0 saturated heterocycles. The molecule has 3 rings (SSSR count). The van der Waals surface area contributed by atoms with Crippen LogP contribution in [0.1, 0.15) is 12.5 Å². The predicted molar refractivity (Wildman–Crippen MR) is 87.1 cm³/mol. The van der Waals surface area contributed by atoms with E-state index in [9.17, 15) is 0 Å². The van der Waals surface area contributed by atoms with E-state index in [0.717, 1.165) is 22.6 Å². The van der Waals surface area contributed by atoms with Crippen LogP contribution < -0.4 is 10.5 Å². The van der Waals surface area contributed by atoms with E-state index >= 15 is 0 Å². The van der Waals surface area contributed by atoms with E-state index in [1.165, 1.54) is 0 Å². The second kappa shape index (κ2) is 5.89. The minimum absolute atomic E-state index is 0.498. The first-order chi connectivity index (χ1) is 10.7. The standard InChI is InChI=1S/C17H18N4O/c1-3-22-15-10-9-12(2)11-14(15)16-17(18)21(20-19-16)13-7-5-4-6-8-13/h4-11H,3,18H2,1-2H3. The molecule has 0 fully saturated rings. The van der Waals surface area contributed by atoms with Crippen molar-refractivity contribution in [1.82, 2.24) is 15.0 Å². The van der Waals surface area contributed by atoms with Gasteiger partial charge in [0.2, 0.25) is 0 Å². The highest BCUT2D eigenvalue weighted by Gasteiger charge is 2.17. The van der Waals surface area contributed by atoms with E-state index in [2.05, 4.69) is 10.3 Å². The van der Waals surface area contributed by atoms with Gasteiger partial charge >= 0.3 is 0 Å². The first kappa shape index (κ1) is 14.1. The van der Waals surface area contributed by atoms with Crippen molar-refractivity contribution in [3.05, 3.63) is 54.1 Å². The molecule has 0 radical (unpaired) electrons. The zero-order valence-corrected chi connectivity index (χ0v) is 12.7. The van der Waals surface area contributed by atoms with Crippen LogP contribution in [-0.2, 0) is 0 Å². The quantitative estimate of drug-likeness (QED) is 0.802. The van der Waals surface area contributed by atoms with E-state index in [1.807, 2.05) is 62.4 Å². The third kappa shape index (κ3) is 2.53. The lowest BCUT2D eigenvalue weighted by atomic mass is 10.1. The summed E-state index contributed by atoms with van der Waals surface area (Å²) >= 11 is 0. The third-order valence-electron chi connectivity index (χ3n) is 3.40. The number of nitrogens with two attached hydrogens (primary N) is 1. The average molecular weight is 294 g/mol. The van der Waals surface area contributed by atoms with Gasteiger partial charge in [-0.2, -0.15) is 4.68 Å². The Kier molecular flexibility index (Phi) is 3.78. The van der Waals surface area contributed by atoms with Crippen molar-refractivity contribution in [3.63, 3.8) is 0 Å². The molecule has 0 bridgehead atoms. The number of ether oxygens (including phenoxy) is 1. The number of nitrogen functional groups attached to an aromatic ring is 1. The fourth-order valence-corrected chi connectivity index (χ4v) is 2.35. The molecule has 1 heterocycles. The smallest absolute Gasteiger partial charge is 0.156 e. The maximum atomic E-state index is 6.26. The van der Waals surface area contributed by atoms with Gasteiger partial charge in [-0.25, -0.2) is 0 Å². The maximum absolute atomic E-state index is 6.26. The lowest BCUT2D eigenvalue weighted by Gasteiger charge is -2.10. The van der Waals surface area contributed by atoms with Crippen molar-refractivity contribution in [2.75, 3.05) is 12.3 Å². The summed E-state index contributed by atoms with van der Waals surface area (Å²) in [5.74, 6) is 1.26. The largest absolute Gasteiger partial charge is 0.493 e. The fourth-order valence-electron chi connectivity index (χ4n) is 2.35. The normalized spacial score (nSPS) is 10.6. The predicted octanol–water partition coefficient (Wildman–Crippen LogP) is 3.22. The zero-order chi connectivity index (χ0) is 15.5. The first-order valence-electron chi connectivity index (χ1n) is 7.21. The van der Waals surface area contributed by atoms with Crippen LogP contribution in [0.2, 0.25) is 0 Å². The molecule has 22 heavy (non-hydrogen) atoms. The molecular formula is C17H18N4O. The summed E-state index contributed by atoms with van der Waals surface area (Å²) in [5, 5.41) is 8.43. The molecule has 3 aromatic rings. The number of hydrogen-bond acceptors (Lipinski definition) is 4. The Hall–Kier alpha value is -2.82. The maximum Gasteiger partial charge on any atom is 0.156 e. The molecule has 5 heteroatoms. The zero-order valence-electron chi connectivity index (χ0n) is 12.7. The fraction of sp³-hybridized carbons (Fsp3) is 0.176. The van der Waals surface area contributed by atoms with E-state index in [1.54, 1.807) is 4.68 Å². The molecule has 0 spiro atoms. The summed E-state index contributed by atoms with van der Waals surface area (Å²) in [4.78, 5) is 0. The van der Waals surface area contributed by atoms with Gasteiger partial charge in [-0.1, -0.05) is 35.0 Å². The molecule has 2 aromatic carbocycles. The van der Waals surface area contributed by atoms with Crippen LogP contribution in [0.3, 0.4) is 0 Å². The molecule has 0 atom stereocenters. The van der Waals surface area contributed by atoms with Gasteiger partial charge in [0.25, 0.3) is 0 Å². The third-order valence-corrected chi connectivity index (χ3v) is 3.40. The van der Waals surface area contributed by atoms with Gasteiger partial charge in [0, 0.05) is 5.56 Å². The Bertz CT molecular complexity index is 781. The van der Waals surface area contributed by atoms with Crippen LogP contribution in [-0.4, -0.2) is 21.6 Å². The van der Waals surface area contributed by atoms with Crippen molar-refractivity contribution >= 4 is 5.82 Å². The lowest BCUT2D eigenvalue weighted by molar-refractivity contribution is 0.341. The number of aromatic nitrogens is 3. The minimum Gasteiger partial charge on any atom is -0.493 e. The van der Waals surface area contributed by atoms with E-state index in [-0.39, 0.29) is 0 Å². The summed E-state index contributed by atoms with van der Waals surface area (Å²) in [6.07, 6.45) is 0. The molecule has 0 saturated carbocycles. The lowest BCUT2D eigenvalue weighted by Crippen LogP contribution is -2.02. The van der Waals surface area contributed by atoms with Gasteiger partial charge in [0.1, 0.15) is 11.4 Å². The van der Waals surface area contributed by atoms with Gasteiger partial charge in [-0.05, 0) is 38.1 Å². The molecule has 0 aliphatic carbocycles. The van der Waals surface area contributed by atoms with Gasteiger partial charge in [0.05, 0.1) is 12.3 Å². The SMILES string of the molecule is CCOc1ccc(C)cc1-c1nnn(-c2ccccc2)c1N. The van der Waals surface area contributed by atoms with E-state index in [0.29, 0.717) is 18.1 Å². The van der Waals surface area contributed by atoms with Crippen LogP contribution in [0.4, 0.5) is 5.82 Å². The highest BCUT2D eigenvalue weighted by atomic mass is 16.5. The molecule has 1 aromatic heterocycles. The summed E-state index contributed by atoms with van der Waals surface area (Å²) in [7, 11) is 0. The monoisotopic (exact) mass is 294 g/mol. The van der Waals surface area contributed by atoms with Gasteiger partial charge in [-0.15, -0.1) is 5.10 Å². The highest BCUT2D eigenvalue weighted by molar-refractivity contribution is 5.76. The molecule has 0 aliphatic rings. The van der Waals surface area contributed by atoms with Crippen LogP contribution in [0.15, 0.2) is 48.5 Å². The topological polar surface area (TPSA) is 66.0 Å².